The minimum atomic E-state index is -0.784. The molecule has 0 bridgehead atoms. The van der Waals surface area contributed by atoms with Crippen molar-refractivity contribution in [2.75, 3.05) is 14.2 Å². The molecule has 0 aliphatic rings. The van der Waals surface area contributed by atoms with Gasteiger partial charge in [-0.3, -0.25) is 0 Å². The van der Waals surface area contributed by atoms with Crippen molar-refractivity contribution in [3.8, 4) is 11.5 Å². The Labute approximate surface area is 118 Å². The van der Waals surface area contributed by atoms with E-state index in [2.05, 4.69) is 0 Å². The maximum atomic E-state index is 10.7. The Morgan fingerprint density at radius 1 is 1.05 bits per heavy atom. The molecule has 0 amide bonds. The van der Waals surface area contributed by atoms with E-state index in [9.17, 15) is 5.11 Å². The monoisotopic (exact) mass is 276 g/mol. The molecule has 2 rings (SSSR count). The number of aliphatic hydroxyl groups excluding tert-OH is 1. The first-order valence-corrected chi connectivity index (χ1v) is 6.46. The van der Waals surface area contributed by atoms with Crippen molar-refractivity contribution in [1.82, 2.24) is 0 Å². The van der Waals surface area contributed by atoms with Crippen LogP contribution in [0.4, 0.5) is 0 Å². The van der Waals surface area contributed by atoms with Crippen molar-refractivity contribution in [1.29, 1.82) is 0 Å². The number of furan rings is 1. The Morgan fingerprint density at radius 2 is 1.75 bits per heavy atom. The van der Waals surface area contributed by atoms with Crippen LogP contribution in [0.2, 0.25) is 0 Å². The molecule has 0 radical (unpaired) electrons. The molecule has 20 heavy (non-hydrogen) atoms. The van der Waals surface area contributed by atoms with Gasteiger partial charge in [0.2, 0.25) is 0 Å². The number of aryl methyl sites for hydroxylation is 2. The number of aliphatic hydroxyl groups is 1. The summed E-state index contributed by atoms with van der Waals surface area (Å²) in [5, 5.41) is 10.7. The summed E-state index contributed by atoms with van der Waals surface area (Å²) in [6.07, 6.45) is -0.784. The lowest BCUT2D eigenvalue weighted by Gasteiger charge is -2.16. The summed E-state index contributed by atoms with van der Waals surface area (Å²) in [5.41, 5.74) is 2.46. The average Bonchev–Trinajstić information content (AvgIpc) is 2.70. The molecule has 108 valence electrons. The van der Waals surface area contributed by atoms with Crippen LogP contribution < -0.4 is 9.47 Å². The molecular formula is C16H20O4. The van der Waals surface area contributed by atoms with E-state index in [0.717, 1.165) is 22.6 Å². The highest BCUT2D eigenvalue weighted by Crippen LogP contribution is 2.37. The lowest BCUT2D eigenvalue weighted by molar-refractivity contribution is 0.211. The van der Waals surface area contributed by atoms with Gasteiger partial charge in [0.05, 0.1) is 14.2 Å². The fourth-order valence-electron chi connectivity index (χ4n) is 2.41. The molecule has 0 fully saturated rings. The molecule has 1 heterocycles. The third kappa shape index (κ3) is 2.39. The maximum Gasteiger partial charge on any atom is 0.128 e. The van der Waals surface area contributed by atoms with Gasteiger partial charge in [-0.2, -0.15) is 0 Å². The van der Waals surface area contributed by atoms with E-state index in [-0.39, 0.29) is 0 Å². The van der Waals surface area contributed by atoms with E-state index in [0.29, 0.717) is 17.1 Å². The van der Waals surface area contributed by atoms with Gasteiger partial charge in [-0.15, -0.1) is 0 Å². The number of hydrogen-bond donors (Lipinski definition) is 1. The minimum Gasteiger partial charge on any atom is -0.497 e. The quantitative estimate of drug-likeness (QED) is 0.931. The lowest BCUT2D eigenvalue weighted by atomic mass is 9.97. The molecule has 0 aliphatic carbocycles. The van der Waals surface area contributed by atoms with Gasteiger partial charge in [0.1, 0.15) is 29.1 Å². The summed E-state index contributed by atoms with van der Waals surface area (Å²) < 4.78 is 16.1. The van der Waals surface area contributed by atoms with Crippen molar-refractivity contribution in [2.45, 2.75) is 26.9 Å². The smallest absolute Gasteiger partial charge is 0.128 e. The molecule has 0 saturated heterocycles. The Kier molecular flexibility index (Phi) is 4.04. The highest BCUT2D eigenvalue weighted by atomic mass is 16.5. The van der Waals surface area contributed by atoms with Crippen molar-refractivity contribution < 1.29 is 19.0 Å². The second-order valence-electron chi connectivity index (χ2n) is 4.76. The topological polar surface area (TPSA) is 51.8 Å². The first-order chi connectivity index (χ1) is 9.49. The van der Waals surface area contributed by atoms with Gasteiger partial charge in [0, 0.05) is 17.2 Å². The second-order valence-corrected chi connectivity index (χ2v) is 4.76. The summed E-state index contributed by atoms with van der Waals surface area (Å²) in [4.78, 5) is 0. The highest BCUT2D eigenvalue weighted by Gasteiger charge is 2.23. The molecule has 1 atom stereocenters. The zero-order valence-electron chi connectivity index (χ0n) is 12.5. The molecule has 1 N–H and O–H groups in total. The molecule has 4 nitrogen and oxygen atoms in total. The Bertz CT molecular complexity index is 613. The number of ether oxygens (including phenoxy) is 2. The summed E-state index contributed by atoms with van der Waals surface area (Å²) in [6, 6.07) is 5.37. The zero-order valence-corrected chi connectivity index (χ0v) is 12.5. The van der Waals surface area contributed by atoms with Crippen LogP contribution in [0.15, 0.2) is 22.6 Å². The standard InChI is InChI=1S/C16H20O4/c1-9-10(2)20-11(3)15(9)16(17)13-7-6-12(18-4)8-14(13)19-5/h6-8,16-17H,1-5H3. The van der Waals surface area contributed by atoms with Gasteiger partial charge in [-0.05, 0) is 38.5 Å². The molecule has 1 unspecified atom stereocenters. The van der Waals surface area contributed by atoms with Crippen LogP contribution in [0, 0.1) is 20.8 Å². The molecule has 1 aromatic heterocycles. The summed E-state index contributed by atoms with van der Waals surface area (Å²) in [5.74, 6) is 2.83. The molecule has 0 saturated carbocycles. The van der Waals surface area contributed by atoms with Crippen LogP contribution >= 0.6 is 0 Å². The number of benzene rings is 1. The molecule has 4 heteroatoms. The lowest BCUT2D eigenvalue weighted by Crippen LogP contribution is -2.04. The Balaban J connectivity index is 2.50. The summed E-state index contributed by atoms with van der Waals surface area (Å²) in [7, 11) is 3.17. The Hall–Kier alpha value is -1.94. The van der Waals surface area contributed by atoms with Crippen LogP contribution in [-0.4, -0.2) is 19.3 Å². The Morgan fingerprint density at radius 3 is 2.25 bits per heavy atom. The largest absolute Gasteiger partial charge is 0.497 e. The van der Waals surface area contributed by atoms with Crippen LogP contribution in [0.5, 0.6) is 11.5 Å². The molecule has 1 aromatic carbocycles. The van der Waals surface area contributed by atoms with Gasteiger partial charge < -0.3 is 19.0 Å². The third-order valence-electron chi connectivity index (χ3n) is 3.63. The SMILES string of the molecule is COc1ccc(C(O)c2c(C)oc(C)c2C)c(OC)c1. The third-order valence-corrected chi connectivity index (χ3v) is 3.63. The molecule has 0 spiro atoms. The first kappa shape index (κ1) is 14.5. The predicted molar refractivity (Wildman–Crippen MR) is 76.5 cm³/mol. The van der Waals surface area contributed by atoms with E-state index >= 15 is 0 Å². The van der Waals surface area contributed by atoms with E-state index in [1.165, 1.54) is 0 Å². The van der Waals surface area contributed by atoms with E-state index in [1.807, 2.05) is 26.8 Å². The van der Waals surface area contributed by atoms with Crippen LogP contribution in [0.25, 0.3) is 0 Å². The molecule has 0 aliphatic heterocycles. The zero-order chi connectivity index (χ0) is 14.9. The van der Waals surface area contributed by atoms with Crippen LogP contribution in [-0.2, 0) is 0 Å². The van der Waals surface area contributed by atoms with E-state index in [1.54, 1.807) is 26.4 Å². The molecule has 2 aromatic rings. The van der Waals surface area contributed by atoms with Gasteiger partial charge in [-0.25, -0.2) is 0 Å². The normalized spacial score (nSPS) is 12.3. The second kappa shape index (κ2) is 5.59. The predicted octanol–water partition coefficient (Wildman–Crippen LogP) is 3.30. The van der Waals surface area contributed by atoms with Crippen molar-refractivity contribution >= 4 is 0 Å². The minimum absolute atomic E-state index is 0.592. The fraction of sp³-hybridized carbons (Fsp3) is 0.375. The maximum absolute atomic E-state index is 10.7. The van der Waals surface area contributed by atoms with Gasteiger partial charge >= 0.3 is 0 Å². The molecular weight excluding hydrogens is 256 g/mol. The number of hydrogen-bond acceptors (Lipinski definition) is 4. The van der Waals surface area contributed by atoms with Crippen LogP contribution in [0.3, 0.4) is 0 Å². The van der Waals surface area contributed by atoms with E-state index < -0.39 is 6.10 Å². The number of rotatable bonds is 4. The van der Waals surface area contributed by atoms with Gasteiger partial charge in [0.15, 0.2) is 0 Å². The van der Waals surface area contributed by atoms with E-state index in [4.69, 9.17) is 13.9 Å². The van der Waals surface area contributed by atoms with Gasteiger partial charge in [-0.1, -0.05) is 0 Å². The van der Waals surface area contributed by atoms with Crippen molar-refractivity contribution in [3.05, 3.63) is 46.4 Å². The van der Waals surface area contributed by atoms with Crippen molar-refractivity contribution in [3.63, 3.8) is 0 Å². The summed E-state index contributed by atoms with van der Waals surface area (Å²) >= 11 is 0. The van der Waals surface area contributed by atoms with Crippen molar-refractivity contribution in [2.24, 2.45) is 0 Å². The average molecular weight is 276 g/mol. The fourth-order valence-corrected chi connectivity index (χ4v) is 2.41. The van der Waals surface area contributed by atoms with Gasteiger partial charge in [0.25, 0.3) is 0 Å². The summed E-state index contributed by atoms with van der Waals surface area (Å²) in [6.45, 7) is 5.69. The number of methoxy groups -OCH3 is 2. The highest BCUT2D eigenvalue weighted by molar-refractivity contribution is 5.47. The van der Waals surface area contributed by atoms with Crippen LogP contribution in [0.1, 0.15) is 34.3 Å². The first-order valence-electron chi connectivity index (χ1n) is 6.46.